The number of halogens is 1. The van der Waals surface area contributed by atoms with Crippen LogP contribution in [0, 0.1) is 12.7 Å². The second-order valence-electron chi connectivity index (χ2n) is 3.97. The maximum Gasteiger partial charge on any atom is 0.132 e. The summed E-state index contributed by atoms with van der Waals surface area (Å²) in [6, 6.07) is 9.19. The molecule has 0 saturated carbocycles. The second-order valence-corrected chi connectivity index (χ2v) is 5.09. The fourth-order valence-electron chi connectivity index (χ4n) is 1.56. The molecule has 0 aliphatic heterocycles. The number of aryl methyl sites for hydroxylation is 1. The molecule has 0 aliphatic carbocycles. The smallest absolute Gasteiger partial charge is 0.132 e. The van der Waals surface area contributed by atoms with Gasteiger partial charge in [0.05, 0.1) is 0 Å². The minimum Gasteiger partial charge on any atom is -0.324 e. The molecule has 0 fully saturated rings. The van der Waals surface area contributed by atoms with Crippen molar-refractivity contribution in [2.75, 3.05) is 0 Å². The lowest BCUT2D eigenvalue weighted by atomic mass is 10.1. The molecule has 1 atom stereocenters. The summed E-state index contributed by atoms with van der Waals surface area (Å²) in [6.45, 7) is 3.82. The quantitative estimate of drug-likeness (QED) is 0.839. The van der Waals surface area contributed by atoms with E-state index >= 15 is 0 Å². The average Bonchev–Trinajstić information content (AvgIpc) is 2.66. The zero-order valence-electron chi connectivity index (χ0n) is 9.33. The van der Waals surface area contributed by atoms with Crippen LogP contribution in [0.4, 0.5) is 4.39 Å². The highest BCUT2D eigenvalue weighted by Gasteiger charge is 2.09. The van der Waals surface area contributed by atoms with Crippen molar-refractivity contribution in [2.24, 2.45) is 5.73 Å². The molecule has 2 aromatic rings. The SMILES string of the molecule is Cc1ccc(-c2ccc(C(C)N)s2)c(F)c1. The molecule has 3 heteroatoms. The van der Waals surface area contributed by atoms with Gasteiger partial charge in [-0.15, -0.1) is 11.3 Å². The minimum atomic E-state index is -0.168. The molecule has 1 aromatic carbocycles. The van der Waals surface area contributed by atoms with E-state index in [2.05, 4.69) is 0 Å². The van der Waals surface area contributed by atoms with Crippen LogP contribution >= 0.6 is 11.3 Å². The highest BCUT2D eigenvalue weighted by Crippen LogP contribution is 2.32. The van der Waals surface area contributed by atoms with Gasteiger partial charge in [-0.25, -0.2) is 4.39 Å². The zero-order chi connectivity index (χ0) is 11.7. The Morgan fingerprint density at radius 2 is 2.00 bits per heavy atom. The lowest BCUT2D eigenvalue weighted by Gasteiger charge is -2.02. The van der Waals surface area contributed by atoms with Crippen LogP contribution in [0.25, 0.3) is 10.4 Å². The Labute approximate surface area is 98.7 Å². The van der Waals surface area contributed by atoms with E-state index in [0.717, 1.165) is 15.3 Å². The third-order valence-corrected chi connectivity index (χ3v) is 3.79. The molecule has 1 unspecified atom stereocenters. The predicted octanol–water partition coefficient (Wildman–Crippen LogP) is 3.88. The van der Waals surface area contributed by atoms with Crippen molar-refractivity contribution in [3.8, 4) is 10.4 Å². The van der Waals surface area contributed by atoms with E-state index in [9.17, 15) is 4.39 Å². The molecule has 0 amide bonds. The topological polar surface area (TPSA) is 26.0 Å². The fraction of sp³-hybridized carbons (Fsp3) is 0.231. The number of hydrogen-bond acceptors (Lipinski definition) is 2. The summed E-state index contributed by atoms with van der Waals surface area (Å²) in [5, 5.41) is 0. The number of rotatable bonds is 2. The van der Waals surface area contributed by atoms with Gasteiger partial charge in [0.2, 0.25) is 0 Å². The third-order valence-electron chi connectivity index (χ3n) is 2.47. The Balaban J connectivity index is 2.42. The summed E-state index contributed by atoms with van der Waals surface area (Å²) >= 11 is 1.55. The molecule has 2 rings (SSSR count). The Hall–Kier alpha value is -1.19. The van der Waals surface area contributed by atoms with Crippen molar-refractivity contribution in [2.45, 2.75) is 19.9 Å². The first-order chi connectivity index (χ1) is 7.58. The Morgan fingerprint density at radius 3 is 2.56 bits per heavy atom. The normalized spacial score (nSPS) is 12.8. The summed E-state index contributed by atoms with van der Waals surface area (Å²) in [5.41, 5.74) is 7.37. The molecule has 1 heterocycles. The number of benzene rings is 1. The van der Waals surface area contributed by atoms with E-state index in [0.29, 0.717) is 5.56 Å². The van der Waals surface area contributed by atoms with E-state index in [1.165, 1.54) is 0 Å². The fourth-order valence-corrected chi connectivity index (χ4v) is 2.55. The molecular formula is C13H14FNS. The number of nitrogens with two attached hydrogens (primary N) is 1. The van der Waals surface area contributed by atoms with Gasteiger partial charge < -0.3 is 5.73 Å². The van der Waals surface area contributed by atoms with Crippen molar-refractivity contribution in [3.05, 3.63) is 46.6 Å². The molecule has 2 N–H and O–H groups in total. The highest BCUT2D eigenvalue weighted by molar-refractivity contribution is 7.15. The van der Waals surface area contributed by atoms with Gasteiger partial charge in [-0.1, -0.05) is 12.1 Å². The molecule has 84 valence electrons. The van der Waals surface area contributed by atoms with Gasteiger partial charge in [0.25, 0.3) is 0 Å². The molecule has 0 spiro atoms. The summed E-state index contributed by atoms with van der Waals surface area (Å²) in [6.07, 6.45) is 0. The van der Waals surface area contributed by atoms with Gasteiger partial charge in [-0.3, -0.25) is 0 Å². The van der Waals surface area contributed by atoms with Crippen molar-refractivity contribution in [1.82, 2.24) is 0 Å². The third kappa shape index (κ3) is 2.15. The van der Waals surface area contributed by atoms with Crippen LogP contribution in [-0.2, 0) is 0 Å². The predicted molar refractivity (Wildman–Crippen MR) is 67.1 cm³/mol. The van der Waals surface area contributed by atoms with Gasteiger partial charge in [0, 0.05) is 21.4 Å². The molecule has 1 nitrogen and oxygen atoms in total. The van der Waals surface area contributed by atoms with Crippen LogP contribution in [0.1, 0.15) is 23.4 Å². The largest absolute Gasteiger partial charge is 0.324 e. The van der Waals surface area contributed by atoms with Crippen molar-refractivity contribution in [3.63, 3.8) is 0 Å². The highest BCUT2D eigenvalue weighted by atomic mass is 32.1. The first-order valence-corrected chi connectivity index (χ1v) is 6.01. The van der Waals surface area contributed by atoms with Gasteiger partial charge >= 0.3 is 0 Å². The van der Waals surface area contributed by atoms with Crippen LogP contribution in [-0.4, -0.2) is 0 Å². The standard InChI is InChI=1S/C13H14FNS/c1-8-3-4-10(11(14)7-8)13-6-5-12(16-13)9(2)15/h3-7,9H,15H2,1-2H3. The van der Waals surface area contributed by atoms with Crippen molar-refractivity contribution >= 4 is 11.3 Å². The summed E-state index contributed by atoms with van der Waals surface area (Å²) in [7, 11) is 0. The van der Waals surface area contributed by atoms with Gasteiger partial charge in [-0.05, 0) is 37.6 Å². The maximum atomic E-state index is 13.7. The summed E-state index contributed by atoms with van der Waals surface area (Å²) < 4.78 is 13.7. The van der Waals surface area contributed by atoms with Gasteiger partial charge in [-0.2, -0.15) is 0 Å². The molecule has 0 aliphatic rings. The molecule has 16 heavy (non-hydrogen) atoms. The Morgan fingerprint density at radius 1 is 1.25 bits per heavy atom. The van der Waals surface area contributed by atoms with E-state index in [1.807, 2.05) is 38.1 Å². The minimum absolute atomic E-state index is 0.00672. The molecule has 1 aromatic heterocycles. The molecule has 0 bridgehead atoms. The maximum absolute atomic E-state index is 13.7. The van der Waals surface area contributed by atoms with Crippen LogP contribution in [0.15, 0.2) is 30.3 Å². The Kier molecular flexibility index (Phi) is 3.08. The van der Waals surface area contributed by atoms with E-state index in [4.69, 9.17) is 5.73 Å². The number of hydrogen-bond donors (Lipinski definition) is 1. The summed E-state index contributed by atoms with van der Waals surface area (Å²) in [5.74, 6) is -0.168. The monoisotopic (exact) mass is 235 g/mol. The zero-order valence-corrected chi connectivity index (χ0v) is 10.1. The number of thiophene rings is 1. The molecular weight excluding hydrogens is 221 g/mol. The first kappa shape index (κ1) is 11.3. The lowest BCUT2D eigenvalue weighted by molar-refractivity contribution is 0.630. The van der Waals surface area contributed by atoms with Crippen LogP contribution in [0.5, 0.6) is 0 Å². The average molecular weight is 235 g/mol. The van der Waals surface area contributed by atoms with Gasteiger partial charge in [0.1, 0.15) is 5.82 Å². The van der Waals surface area contributed by atoms with E-state index in [1.54, 1.807) is 17.4 Å². The Bertz CT molecular complexity index is 502. The second kappa shape index (κ2) is 4.36. The van der Waals surface area contributed by atoms with E-state index in [-0.39, 0.29) is 11.9 Å². The van der Waals surface area contributed by atoms with Gasteiger partial charge in [0.15, 0.2) is 0 Å². The van der Waals surface area contributed by atoms with Crippen LogP contribution < -0.4 is 5.73 Å². The van der Waals surface area contributed by atoms with Crippen LogP contribution in [0.2, 0.25) is 0 Å². The molecule has 0 radical (unpaired) electrons. The first-order valence-electron chi connectivity index (χ1n) is 5.20. The van der Waals surface area contributed by atoms with Crippen LogP contribution in [0.3, 0.4) is 0 Å². The van der Waals surface area contributed by atoms with E-state index < -0.39 is 0 Å². The lowest BCUT2D eigenvalue weighted by Crippen LogP contribution is -2.01. The van der Waals surface area contributed by atoms with Crippen molar-refractivity contribution < 1.29 is 4.39 Å². The molecule has 0 saturated heterocycles. The van der Waals surface area contributed by atoms with Crippen molar-refractivity contribution in [1.29, 1.82) is 0 Å². The summed E-state index contributed by atoms with van der Waals surface area (Å²) in [4.78, 5) is 2.01.